The van der Waals surface area contributed by atoms with Crippen molar-refractivity contribution in [3.63, 3.8) is 0 Å². The van der Waals surface area contributed by atoms with E-state index in [1.165, 1.54) is 0 Å². The van der Waals surface area contributed by atoms with Gasteiger partial charge in [0, 0.05) is 15.5 Å². The summed E-state index contributed by atoms with van der Waals surface area (Å²) in [6.07, 6.45) is 0. The molecule has 2 rings (SSSR count). The molecule has 0 radical (unpaired) electrons. The minimum absolute atomic E-state index is 0.0837. The number of hydrogen-bond acceptors (Lipinski definition) is 2. The molecule has 0 unspecified atom stereocenters. The zero-order chi connectivity index (χ0) is 12.6. The van der Waals surface area contributed by atoms with Crippen LogP contribution in [0.15, 0.2) is 24.3 Å². The van der Waals surface area contributed by atoms with Crippen LogP contribution in [0.3, 0.4) is 0 Å². The van der Waals surface area contributed by atoms with E-state index in [9.17, 15) is 4.79 Å². The molecule has 0 saturated heterocycles. The van der Waals surface area contributed by atoms with Gasteiger partial charge in [0.2, 0.25) is 5.78 Å². The summed E-state index contributed by atoms with van der Waals surface area (Å²) >= 11 is 7.50. The monoisotopic (exact) mass is 264 g/mol. The fourth-order valence-corrected chi connectivity index (χ4v) is 2.89. The van der Waals surface area contributed by atoms with Gasteiger partial charge < -0.3 is 0 Å². The van der Waals surface area contributed by atoms with E-state index in [2.05, 4.69) is 0 Å². The van der Waals surface area contributed by atoms with E-state index in [0.29, 0.717) is 10.6 Å². The van der Waals surface area contributed by atoms with Gasteiger partial charge in [0.15, 0.2) is 0 Å². The molecule has 0 aliphatic carbocycles. The fourth-order valence-electron chi connectivity index (χ4n) is 1.78. The first-order valence-electron chi connectivity index (χ1n) is 5.37. The van der Waals surface area contributed by atoms with Gasteiger partial charge in [-0.1, -0.05) is 11.6 Å². The number of hydrogen-bond donors (Lipinski definition) is 0. The number of ketones is 1. The number of rotatable bonds is 2. The number of aryl methyl sites for hydroxylation is 3. The number of benzene rings is 1. The molecule has 0 N–H and O–H groups in total. The Labute approximate surface area is 110 Å². The van der Waals surface area contributed by atoms with Gasteiger partial charge in [0.1, 0.15) is 0 Å². The number of halogens is 1. The molecule has 88 valence electrons. The van der Waals surface area contributed by atoms with Crippen LogP contribution in [0.25, 0.3) is 0 Å². The molecule has 0 bridgehead atoms. The lowest BCUT2D eigenvalue weighted by Crippen LogP contribution is -2.00. The quantitative estimate of drug-likeness (QED) is 0.727. The third-order valence-corrected chi connectivity index (χ3v) is 4.24. The molecule has 1 heterocycles. The normalized spacial score (nSPS) is 10.6. The summed E-state index contributed by atoms with van der Waals surface area (Å²) in [5.74, 6) is 0.0837. The molecule has 2 aromatic rings. The van der Waals surface area contributed by atoms with Crippen molar-refractivity contribution in [3.8, 4) is 0 Å². The Kier molecular flexibility index (Phi) is 3.36. The average Bonchev–Trinajstić information content (AvgIpc) is 2.61. The highest BCUT2D eigenvalue weighted by Crippen LogP contribution is 2.25. The summed E-state index contributed by atoms with van der Waals surface area (Å²) in [6.45, 7) is 5.90. The largest absolute Gasteiger partial charge is 0.288 e. The van der Waals surface area contributed by atoms with E-state index in [1.807, 2.05) is 32.9 Å². The van der Waals surface area contributed by atoms with E-state index in [1.54, 1.807) is 23.5 Å². The smallest absolute Gasteiger partial charge is 0.203 e. The second-order valence-corrected chi connectivity index (χ2v) is 5.83. The van der Waals surface area contributed by atoms with Crippen LogP contribution in [-0.4, -0.2) is 5.78 Å². The van der Waals surface area contributed by atoms with Crippen LogP contribution < -0.4 is 0 Å². The van der Waals surface area contributed by atoms with Crippen LogP contribution in [-0.2, 0) is 0 Å². The molecule has 0 aliphatic rings. The van der Waals surface area contributed by atoms with Gasteiger partial charge in [0.05, 0.1) is 4.88 Å². The Morgan fingerprint density at radius 1 is 1.12 bits per heavy atom. The number of thiophene rings is 1. The predicted octanol–water partition coefficient (Wildman–Crippen LogP) is 4.56. The minimum atomic E-state index is 0.0837. The summed E-state index contributed by atoms with van der Waals surface area (Å²) in [5.41, 5.74) is 2.69. The highest BCUT2D eigenvalue weighted by atomic mass is 35.5. The van der Waals surface area contributed by atoms with Gasteiger partial charge in [-0.15, -0.1) is 11.3 Å². The molecule has 1 nitrogen and oxygen atoms in total. The maximum Gasteiger partial charge on any atom is 0.203 e. The Hall–Kier alpha value is -1.12. The first-order valence-corrected chi connectivity index (χ1v) is 6.56. The summed E-state index contributed by atoms with van der Waals surface area (Å²) in [5, 5.41) is 0.695. The van der Waals surface area contributed by atoms with Crippen molar-refractivity contribution in [2.45, 2.75) is 20.8 Å². The Balaban J connectivity index is 2.44. The van der Waals surface area contributed by atoms with Crippen molar-refractivity contribution >= 4 is 28.7 Å². The van der Waals surface area contributed by atoms with Crippen molar-refractivity contribution in [2.75, 3.05) is 0 Å². The van der Waals surface area contributed by atoms with Crippen LogP contribution in [0.4, 0.5) is 0 Å². The molecular weight excluding hydrogens is 252 g/mol. The SMILES string of the molecule is Cc1cc(C)c(C(=O)c2ccc(Cl)c(C)c2)s1. The van der Waals surface area contributed by atoms with Crippen LogP contribution >= 0.6 is 22.9 Å². The topological polar surface area (TPSA) is 17.1 Å². The third-order valence-electron chi connectivity index (χ3n) is 2.67. The van der Waals surface area contributed by atoms with E-state index >= 15 is 0 Å². The Morgan fingerprint density at radius 3 is 2.35 bits per heavy atom. The maximum atomic E-state index is 12.3. The summed E-state index contributed by atoms with van der Waals surface area (Å²) in [6, 6.07) is 7.45. The molecule has 0 amide bonds. The minimum Gasteiger partial charge on any atom is -0.288 e. The number of carbonyl (C=O) groups is 1. The van der Waals surface area contributed by atoms with E-state index < -0.39 is 0 Å². The van der Waals surface area contributed by atoms with E-state index in [-0.39, 0.29) is 5.78 Å². The zero-order valence-electron chi connectivity index (χ0n) is 10.0. The molecule has 17 heavy (non-hydrogen) atoms. The predicted molar refractivity (Wildman–Crippen MR) is 73.4 cm³/mol. The van der Waals surface area contributed by atoms with Gasteiger partial charge in [-0.3, -0.25) is 4.79 Å². The van der Waals surface area contributed by atoms with Gasteiger partial charge in [-0.25, -0.2) is 0 Å². The molecule has 3 heteroatoms. The molecule has 0 saturated carbocycles. The van der Waals surface area contributed by atoms with Gasteiger partial charge in [-0.05, 0) is 56.2 Å². The summed E-state index contributed by atoms with van der Waals surface area (Å²) in [7, 11) is 0. The Morgan fingerprint density at radius 2 is 1.82 bits per heavy atom. The first-order chi connectivity index (χ1) is 7.99. The lowest BCUT2D eigenvalue weighted by atomic mass is 10.1. The first kappa shape index (κ1) is 12.3. The van der Waals surface area contributed by atoms with E-state index in [0.717, 1.165) is 20.9 Å². The molecule has 0 atom stereocenters. The average molecular weight is 265 g/mol. The van der Waals surface area contributed by atoms with Crippen molar-refractivity contribution < 1.29 is 4.79 Å². The lowest BCUT2D eigenvalue weighted by molar-refractivity contribution is 0.104. The van der Waals surface area contributed by atoms with Crippen LogP contribution in [0.2, 0.25) is 5.02 Å². The number of carbonyl (C=O) groups excluding carboxylic acids is 1. The summed E-state index contributed by atoms with van der Waals surface area (Å²) < 4.78 is 0. The molecule has 0 aliphatic heterocycles. The second-order valence-electron chi connectivity index (χ2n) is 4.16. The van der Waals surface area contributed by atoms with Gasteiger partial charge in [0.25, 0.3) is 0 Å². The standard InChI is InChI=1S/C14H13ClOS/c1-8-7-11(4-5-12(8)15)13(16)14-9(2)6-10(3)17-14/h4-7H,1-3H3. The third kappa shape index (κ3) is 2.43. The highest BCUT2D eigenvalue weighted by Gasteiger charge is 2.15. The van der Waals surface area contributed by atoms with Crippen LogP contribution in [0.5, 0.6) is 0 Å². The van der Waals surface area contributed by atoms with E-state index in [4.69, 9.17) is 11.6 Å². The van der Waals surface area contributed by atoms with Crippen LogP contribution in [0, 0.1) is 20.8 Å². The molecule has 0 spiro atoms. The molecule has 1 aromatic heterocycles. The lowest BCUT2D eigenvalue weighted by Gasteiger charge is -2.03. The zero-order valence-corrected chi connectivity index (χ0v) is 11.6. The highest BCUT2D eigenvalue weighted by molar-refractivity contribution is 7.14. The van der Waals surface area contributed by atoms with Crippen molar-refractivity contribution in [3.05, 3.63) is 55.7 Å². The fraction of sp³-hybridized carbons (Fsp3) is 0.214. The molecule has 1 aromatic carbocycles. The second kappa shape index (κ2) is 4.63. The molecule has 0 fully saturated rings. The Bertz CT molecular complexity index is 584. The van der Waals surface area contributed by atoms with Gasteiger partial charge >= 0.3 is 0 Å². The van der Waals surface area contributed by atoms with Crippen molar-refractivity contribution in [1.29, 1.82) is 0 Å². The maximum absolute atomic E-state index is 12.3. The van der Waals surface area contributed by atoms with Crippen LogP contribution in [0.1, 0.15) is 31.2 Å². The van der Waals surface area contributed by atoms with Gasteiger partial charge in [-0.2, -0.15) is 0 Å². The van der Waals surface area contributed by atoms with Crippen molar-refractivity contribution in [2.24, 2.45) is 0 Å². The molecular formula is C14H13ClOS. The summed E-state index contributed by atoms with van der Waals surface area (Å²) in [4.78, 5) is 14.3. The van der Waals surface area contributed by atoms with Crippen molar-refractivity contribution in [1.82, 2.24) is 0 Å².